The van der Waals surface area contributed by atoms with Gasteiger partial charge in [-0.3, -0.25) is 4.21 Å². The molecular weight excluding hydrogens is 150 g/mol. The van der Waals surface area contributed by atoms with Crippen LogP contribution in [0.2, 0.25) is 0 Å². The summed E-state index contributed by atoms with van der Waals surface area (Å²) >= 11 is 2.89. The van der Waals surface area contributed by atoms with Crippen LogP contribution >= 0.6 is 11.6 Å². The highest BCUT2D eigenvalue weighted by molar-refractivity contribution is 7.77. The van der Waals surface area contributed by atoms with Gasteiger partial charge in [0.05, 0.1) is 0 Å². The van der Waals surface area contributed by atoms with E-state index in [2.05, 4.69) is 4.72 Å². The van der Waals surface area contributed by atoms with Gasteiger partial charge >= 0.3 is 0 Å². The maximum atomic E-state index is 9.69. The predicted octanol–water partition coefficient (Wildman–Crippen LogP) is 0.123. The summed E-state index contributed by atoms with van der Waals surface area (Å²) < 4.78 is 21.5. The Morgan fingerprint density at radius 3 is 2.88 bits per heavy atom. The summed E-state index contributed by atoms with van der Waals surface area (Å²) in [5.74, 6) is 0. The first kappa shape index (κ1) is 8.10. The number of hydrogen-bond acceptors (Lipinski definition) is 2. The molecule has 0 bridgehead atoms. The molecule has 0 aliphatic heterocycles. The molecule has 0 radical (unpaired) electrons. The Morgan fingerprint density at radius 2 is 2.50 bits per heavy atom. The Labute approximate surface area is 55.1 Å². The van der Waals surface area contributed by atoms with Gasteiger partial charge in [0.25, 0.3) is 0 Å². The summed E-state index contributed by atoms with van der Waals surface area (Å²) in [6.07, 6.45) is 1.48. The van der Waals surface area contributed by atoms with Crippen molar-refractivity contribution < 1.29 is 8.76 Å². The molecule has 0 saturated heterocycles. The summed E-state index contributed by atoms with van der Waals surface area (Å²) in [5, 5.41) is 0. The van der Waals surface area contributed by atoms with Gasteiger partial charge in [-0.05, 0) is 0 Å². The van der Waals surface area contributed by atoms with E-state index < -0.39 is 11.3 Å². The van der Waals surface area contributed by atoms with E-state index in [-0.39, 0.29) is 6.54 Å². The van der Waals surface area contributed by atoms with Gasteiger partial charge in [0.1, 0.15) is 0 Å². The van der Waals surface area contributed by atoms with E-state index in [1.165, 1.54) is 11.6 Å². The molecule has 1 atom stereocenters. The molecule has 0 aromatic carbocycles. The SMILES string of the molecule is O=S([O-])NCC=CCl. The first-order chi connectivity index (χ1) is 3.77. The Bertz CT molecular complexity index is 105. The predicted molar refractivity (Wildman–Crippen MR) is 31.9 cm³/mol. The van der Waals surface area contributed by atoms with Crippen molar-refractivity contribution in [1.29, 1.82) is 0 Å². The van der Waals surface area contributed by atoms with Crippen molar-refractivity contribution in [3.63, 3.8) is 0 Å². The molecule has 0 spiro atoms. The molecule has 1 N–H and O–H groups in total. The fourth-order valence-electron chi connectivity index (χ4n) is 0.161. The third kappa shape index (κ3) is 6.10. The smallest absolute Gasteiger partial charge is 0.0263 e. The summed E-state index contributed by atoms with van der Waals surface area (Å²) in [6, 6.07) is 0. The molecule has 48 valence electrons. The van der Waals surface area contributed by atoms with Crippen LogP contribution in [0.4, 0.5) is 0 Å². The molecular formula is C3H5ClNO2S-. The van der Waals surface area contributed by atoms with E-state index in [9.17, 15) is 8.76 Å². The van der Waals surface area contributed by atoms with Crippen LogP contribution in [0.15, 0.2) is 11.6 Å². The first-order valence-corrected chi connectivity index (χ1v) is 3.36. The van der Waals surface area contributed by atoms with Crippen molar-refractivity contribution >= 4 is 22.9 Å². The fraction of sp³-hybridized carbons (Fsp3) is 0.333. The molecule has 0 fully saturated rings. The molecule has 0 aromatic rings. The van der Waals surface area contributed by atoms with E-state index in [1.807, 2.05) is 0 Å². The van der Waals surface area contributed by atoms with Gasteiger partial charge in [0.15, 0.2) is 0 Å². The minimum atomic E-state index is -2.18. The van der Waals surface area contributed by atoms with E-state index in [1.54, 1.807) is 0 Å². The Morgan fingerprint density at radius 1 is 1.88 bits per heavy atom. The van der Waals surface area contributed by atoms with Crippen molar-refractivity contribution in [2.75, 3.05) is 6.54 Å². The Kier molecular flexibility index (Phi) is 5.31. The zero-order valence-corrected chi connectivity index (χ0v) is 5.54. The zero-order chi connectivity index (χ0) is 6.41. The van der Waals surface area contributed by atoms with Crippen molar-refractivity contribution in [2.24, 2.45) is 0 Å². The second kappa shape index (κ2) is 5.24. The molecule has 0 aliphatic rings. The summed E-state index contributed by atoms with van der Waals surface area (Å²) in [4.78, 5) is 0. The van der Waals surface area contributed by atoms with Gasteiger partial charge in [0.2, 0.25) is 0 Å². The molecule has 0 heterocycles. The highest BCUT2D eigenvalue weighted by Gasteiger charge is 1.73. The zero-order valence-electron chi connectivity index (χ0n) is 3.96. The van der Waals surface area contributed by atoms with Crippen LogP contribution in [0.5, 0.6) is 0 Å². The molecule has 0 saturated carbocycles. The number of rotatable bonds is 3. The maximum absolute atomic E-state index is 9.69. The standard InChI is InChI=1S/C3H6ClNO2S/c4-2-1-3-5-8(6)7/h1-2,5H,3H2,(H,6,7)/p-1. The van der Waals surface area contributed by atoms with Crippen LogP contribution in [-0.4, -0.2) is 15.3 Å². The first-order valence-electron chi connectivity index (χ1n) is 1.85. The van der Waals surface area contributed by atoms with Gasteiger partial charge in [-0.15, -0.1) is 0 Å². The summed E-state index contributed by atoms with van der Waals surface area (Å²) in [7, 11) is 0. The molecule has 8 heavy (non-hydrogen) atoms. The number of halogens is 1. The van der Waals surface area contributed by atoms with E-state index in [4.69, 9.17) is 11.6 Å². The molecule has 0 amide bonds. The van der Waals surface area contributed by atoms with Crippen molar-refractivity contribution in [1.82, 2.24) is 4.72 Å². The van der Waals surface area contributed by atoms with Gasteiger partial charge in [0, 0.05) is 23.3 Å². The van der Waals surface area contributed by atoms with Crippen molar-refractivity contribution in [3.05, 3.63) is 11.6 Å². The Balaban J connectivity index is 3.05. The molecule has 1 unspecified atom stereocenters. The lowest BCUT2D eigenvalue weighted by Gasteiger charge is -2.01. The summed E-state index contributed by atoms with van der Waals surface area (Å²) in [6.45, 7) is 0.250. The van der Waals surface area contributed by atoms with Crippen LogP contribution in [0.3, 0.4) is 0 Å². The van der Waals surface area contributed by atoms with Crippen molar-refractivity contribution in [2.45, 2.75) is 0 Å². The van der Waals surface area contributed by atoms with Gasteiger partial charge < -0.3 is 4.55 Å². The van der Waals surface area contributed by atoms with Crippen LogP contribution in [-0.2, 0) is 11.3 Å². The lowest BCUT2D eigenvalue weighted by Crippen LogP contribution is -2.15. The fourth-order valence-corrected chi connectivity index (χ4v) is 0.482. The van der Waals surface area contributed by atoms with Crippen molar-refractivity contribution in [3.8, 4) is 0 Å². The van der Waals surface area contributed by atoms with Crippen LogP contribution in [0, 0.1) is 0 Å². The normalized spacial score (nSPS) is 14.8. The van der Waals surface area contributed by atoms with Crippen LogP contribution < -0.4 is 4.72 Å². The lowest BCUT2D eigenvalue weighted by atomic mass is 10.7. The molecule has 0 rings (SSSR count). The lowest BCUT2D eigenvalue weighted by molar-refractivity contribution is 0.526. The highest BCUT2D eigenvalue weighted by atomic mass is 35.5. The quantitative estimate of drug-likeness (QED) is 0.588. The van der Waals surface area contributed by atoms with E-state index >= 15 is 0 Å². The largest absolute Gasteiger partial charge is 0.760 e. The number of nitrogens with one attached hydrogen (secondary N) is 1. The third-order valence-electron chi connectivity index (χ3n) is 0.408. The second-order valence-electron chi connectivity index (χ2n) is 0.945. The minimum absolute atomic E-state index is 0.250. The maximum Gasteiger partial charge on any atom is 0.0263 e. The molecule has 0 aromatic heterocycles. The van der Waals surface area contributed by atoms with E-state index in [0.717, 1.165) is 0 Å². The van der Waals surface area contributed by atoms with Crippen LogP contribution in [0.1, 0.15) is 0 Å². The van der Waals surface area contributed by atoms with Gasteiger partial charge in [-0.25, -0.2) is 4.72 Å². The minimum Gasteiger partial charge on any atom is -0.760 e. The molecule has 0 aliphatic carbocycles. The summed E-state index contributed by atoms with van der Waals surface area (Å²) in [5.41, 5.74) is 1.25. The molecule has 5 heteroatoms. The number of hydrogen-bond donors (Lipinski definition) is 1. The average Bonchev–Trinajstić information content (AvgIpc) is 1.66. The topological polar surface area (TPSA) is 52.2 Å². The monoisotopic (exact) mass is 154 g/mol. The highest BCUT2D eigenvalue weighted by Crippen LogP contribution is 1.74. The second-order valence-corrected chi connectivity index (χ2v) is 1.95. The third-order valence-corrected chi connectivity index (χ3v) is 0.989. The van der Waals surface area contributed by atoms with E-state index in [0.29, 0.717) is 0 Å². The average molecular weight is 155 g/mol. The molecule has 3 nitrogen and oxygen atoms in total. The van der Waals surface area contributed by atoms with Crippen LogP contribution in [0.25, 0.3) is 0 Å². The van der Waals surface area contributed by atoms with Gasteiger partial charge in [-0.1, -0.05) is 17.7 Å². The van der Waals surface area contributed by atoms with Gasteiger partial charge in [-0.2, -0.15) is 0 Å². The Hall–Kier alpha value is 0.1000.